The average molecular weight is 394 g/mol. The third-order valence-electron chi connectivity index (χ3n) is 4.24. The number of ether oxygens (including phenoxy) is 1. The lowest BCUT2D eigenvalue weighted by Gasteiger charge is -2.21. The molecule has 0 N–H and O–H groups in total. The predicted octanol–water partition coefficient (Wildman–Crippen LogP) is 3.94. The third kappa shape index (κ3) is 2.95. The molecule has 0 atom stereocenters. The number of hydrogen-bond acceptors (Lipinski definition) is 5. The second kappa shape index (κ2) is 6.25. The van der Waals surface area contributed by atoms with E-state index in [1.807, 2.05) is 6.92 Å². The van der Waals surface area contributed by atoms with Crippen LogP contribution in [-0.2, 0) is 9.84 Å². The van der Waals surface area contributed by atoms with Crippen LogP contribution >= 0.6 is 11.6 Å². The first-order valence-electron chi connectivity index (χ1n) is 7.98. The van der Waals surface area contributed by atoms with Crippen molar-refractivity contribution in [2.75, 3.05) is 7.11 Å². The SMILES string of the molecule is COc1cc2ncc(-c3cc(Cl)ncc3C)n2cc1S(=O)(=O)C(C)(C)C. The Balaban J connectivity index is 2.34. The lowest BCUT2D eigenvalue weighted by Crippen LogP contribution is -2.28. The van der Waals surface area contributed by atoms with E-state index in [1.54, 1.807) is 55.9 Å². The molecule has 8 heteroatoms. The van der Waals surface area contributed by atoms with Crippen molar-refractivity contribution in [3.05, 3.63) is 41.4 Å². The van der Waals surface area contributed by atoms with Crippen LogP contribution in [0.3, 0.4) is 0 Å². The highest BCUT2D eigenvalue weighted by Gasteiger charge is 2.34. The van der Waals surface area contributed by atoms with Crippen molar-refractivity contribution in [3.63, 3.8) is 0 Å². The van der Waals surface area contributed by atoms with E-state index < -0.39 is 14.6 Å². The van der Waals surface area contributed by atoms with Gasteiger partial charge in [0.2, 0.25) is 0 Å². The number of hydrogen-bond donors (Lipinski definition) is 0. The predicted molar refractivity (Wildman–Crippen MR) is 102 cm³/mol. The molecule has 138 valence electrons. The van der Waals surface area contributed by atoms with Gasteiger partial charge in [0.05, 0.1) is 23.7 Å². The van der Waals surface area contributed by atoms with E-state index in [1.165, 1.54) is 7.11 Å². The van der Waals surface area contributed by atoms with Crippen molar-refractivity contribution in [3.8, 4) is 17.0 Å². The van der Waals surface area contributed by atoms with E-state index in [-0.39, 0.29) is 10.6 Å². The summed E-state index contributed by atoms with van der Waals surface area (Å²) in [6.45, 7) is 6.89. The molecule has 0 aliphatic rings. The van der Waals surface area contributed by atoms with Crippen LogP contribution in [0.1, 0.15) is 26.3 Å². The Bertz CT molecular complexity index is 1100. The maximum atomic E-state index is 13.0. The number of sulfone groups is 1. The summed E-state index contributed by atoms with van der Waals surface area (Å²) in [5.74, 6) is 0.272. The van der Waals surface area contributed by atoms with E-state index in [2.05, 4.69) is 9.97 Å². The zero-order chi connectivity index (χ0) is 19.3. The van der Waals surface area contributed by atoms with Crippen molar-refractivity contribution in [2.24, 2.45) is 0 Å². The number of rotatable bonds is 3. The molecule has 0 aliphatic heterocycles. The van der Waals surface area contributed by atoms with Crippen LogP contribution in [0.15, 0.2) is 35.6 Å². The Kier molecular flexibility index (Phi) is 4.48. The monoisotopic (exact) mass is 393 g/mol. The molecular formula is C18H20ClN3O3S. The minimum absolute atomic E-state index is 0.122. The van der Waals surface area contributed by atoms with Gasteiger partial charge in [-0.05, 0) is 39.3 Å². The van der Waals surface area contributed by atoms with E-state index in [4.69, 9.17) is 16.3 Å². The van der Waals surface area contributed by atoms with Crippen LogP contribution in [-0.4, -0.2) is 34.6 Å². The Hall–Kier alpha value is -2.12. The zero-order valence-electron chi connectivity index (χ0n) is 15.2. The summed E-state index contributed by atoms with van der Waals surface area (Å²) in [5, 5.41) is 0.358. The second-order valence-electron chi connectivity index (χ2n) is 7.02. The number of halogens is 1. The second-order valence-corrected chi connectivity index (χ2v) is 10.1. The summed E-state index contributed by atoms with van der Waals surface area (Å²) in [6, 6.07) is 3.36. The molecule has 0 saturated heterocycles. The summed E-state index contributed by atoms with van der Waals surface area (Å²) in [5.41, 5.74) is 3.06. The molecule has 3 rings (SSSR count). The first-order chi connectivity index (χ1) is 12.1. The van der Waals surface area contributed by atoms with E-state index >= 15 is 0 Å². The van der Waals surface area contributed by atoms with Crippen LogP contribution in [0.5, 0.6) is 5.75 Å². The number of aromatic nitrogens is 3. The van der Waals surface area contributed by atoms with Crippen molar-refractivity contribution in [1.82, 2.24) is 14.4 Å². The van der Waals surface area contributed by atoms with Gasteiger partial charge in [0.1, 0.15) is 21.4 Å². The van der Waals surface area contributed by atoms with Crippen LogP contribution in [0.25, 0.3) is 16.9 Å². The molecule has 0 saturated carbocycles. The van der Waals surface area contributed by atoms with Crippen LogP contribution < -0.4 is 4.74 Å². The van der Waals surface area contributed by atoms with Gasteiger partial charge in [0.15, 0.2) is 9.84 Å². The Morgan fingerprint density at radius 3 is 2.46 bits per heavy atom. The Labute approximate surface area is 157 Å². The fraction of sp³-hybridized carbons (Fsp3) is 0.333. The van der Waals surface area contributed by atoms with Gasteiger partial charge < -0.3 is 4.74 Å². The highest BCUT2D eigenvalue weighted by atomic mass is 35.5. The Morgan fingerprint density at radius 2 is 1.85 bits per heavy atom. The van der Waals surface area contributed by atoms with Gasteiger partial charge in [-0.15, -0.1) is 0 Å². The lowest BCUT2D eigenvalue weighted by atomic mass is 10.1. The maximum Gasteiger partial charge on any atom is 0.188 e. The average Bonchev–Trinajstić information content (AvgIpc) is 2.97. The van der Waals surface area contributed by atoms with Crippen molar-refractivity contribution in [2.45, 2.75) is 37.3 Å². The van der Waals surface area contributed by atoms with E-state index in [0.717, 1.165) is 16.8 Å². The Morgan fingerprint density at radius 1 is 1.15 bits per heavy atom. The van der Waals surface area contributed by atoms with Crippen LogP contribution in [0.2, 0.25) is 5.15 Å². The first-order valence-corrected chi connectivity index (χ1v) is 9.84. The summed E-state index contributed by atoms with van der Waals surface area (Å²) >= 11 is 6.04. The largest absolute Gasteiger partial charge is 0.495 e. The molecule has 3 heterocycles. The number of methoxy groups -OCH3 is 1. The standard InChI is InChI=1S/C18H20ClN3O3S/c1-11-8-20-16(19)6-12(11)13-9-21-17-7-14(25-5)15(10-22(13)17)26(23,24)18(2,3)4/h6-10H,1-5H3. The van der Waals surface area contributed by atoms with Crippen LogP contribution in [0.4, 0.5) is 0 Å². The first kappa shape index (κ1) is 18.7. The van der Waals surface area contributed by atoms with Gasteiger partial charge in [-0.1, -0.05) is 11.6 Å². The smallest absolute Gasteiger partial charge is 0.188 e. The highest BCUT2D eigenvalue weighted by Crippen LogP contribution is 2.35. The molecule has 0 fully saturated rings. The van der Waals surface area contributed by atoms with Gasteiger partial charge in [0, 0.05) is 24.0 Å². The van der Waals surface area contributed by atoms with Crippen molar-refractivity contribution < 1.29 is 13.2 Å². The number of aryl methyl sites for hydroxylation is 1. The minimum atomic E-state index is -3.62. The molecule has 0 radical (unpaired) electrons. The molecule has 0 bridgehead atoms. The molecule has 3 aromatic heterocycles. The molecule has 0 amide bonds. The van der Waals surface area contributed by atoms with E-state index in [9.17, 15) is 8.42 Å². The fourth-order valence-corrected chi connectivity index (χ4v) is 4.12. The molecule has 3 aromatic rings. The summed E-state index contributed by atoms with van der Waals surface area (Å²) in [6.07, 6.45) is 4.92. The number of fused-ring (bicyclic) bond motifs is 1. The van der Waals surface area contributed by atoms with Gasteiger partial charge >= 0.3 is 0 Å². The minimum Gasteiger partial charge on any atom is -0.495 e. The number of nitrogens with zero attached hydrogens (tertiary/aromatic N) is 3. The molecule has 0 aliphatic carbocycles. The summed E-state index contributed by atoms with van der Waals surface area (Å²) in [4.78, 5) is 8.57. The van der Waals surface area contributed by atoms with Crippen molar-refractivity contribution in [1.29, 1.82) is 0 Å². The van der Waals surface area contributed by atoms with Gasteiger partial charge in [-0.2, -0.15) is 0 Å². The maximum absolute atomic E-state index is 13.0. The third-order valence-corrected chi connectivity index (χ3v) is 6.94. The zero-order valence-corrected chi connectivity index (χ0v) is 16.8. The topological polar surface area (TPSA) is 73.6 Å². The number of imidazole rings is 1. The van der Waals surface area contributed by atoms with Crippen LogP contribution in [0, 0.1) is 6.92 Å². The van der Waals surface area contributed by atoms with Gasteiger partial charge in [0.25, 0.3) is 0 Å². The molecular weight excluding hydrogens is 374 g/mol. The van der Waals surface area contributed by atoms with Crippen molar-refractivity contribution >= 4 is 27.1 Å². The quantitative estimate of drug-likeness (QED) is 0.630. The molecule has 26 heavy (non-hydrogen) atoms. The molecule has 6 nitrogen and oxygen atoms in total. The van der Waals surface area contributed by atoms with E-state index in [0.29, 0.717) is 10.8 Å². The number of pyridine rings is 2. The molecule has 0 spiro atoms. The summed E-state index contributed by atoms with van der Waals surface area (Å²) in [7, 11) is -2.17. The van der Waals surface area contributed by atoms with Gasteiger partial charge in [-0.3, -0.25) is 4.40 Å². The molecule has 0 aromatic carbocycles. The normalized spacial score (nSPS) is 12.5. The lowest BCUT2D eigenvalue weighted by molar-refractivity contribution is 0.401. The molecule has 0 unspecified atom stereocenters. The summed E-state index contributed by atoms with van der Waals surface area (Å²) < 4.78 is 32.1. The highest BCUT2D eigenvalue weighted by molar-refractivity contribution is 7.92. The fourth-order valence-electron chi connectivity index (χ4n) is 2.65. The van der Waals surface area contributed by atoms with Gasteiger partial charge in [-0.25, -0.2) is 18.4 Å².